The van der Waals surface area contributed by atoms with Gasteiger partial charge in [0.1, 0.15) is 11.9 Å². The second kappa shape index (κ2) is 9.62. The van der Waals surface area contributed by atoms with Gasteiger partial charge >= 0.3 is 12.0 Å². The number of aromatic nitrogens is 1. The van der Waals surface area contributed by atoms with Crippen LogP contribution in [0.2, 0.25) is 0 Å². The van der Waals surface area contributed by atoms with Gasteiger partial charge in [0.15, 0.2) is 11.6 Å². The van der Waals surface area contributed by atoms with Crippen molar-refractivity contribution in [1.82, 2.24) is 15.2 Å². The lowest BCUT2D eigenvalue weighted by Gasteiger charge is -2.39. The van der Waals surface area contributed by atoms with Gasteiger partial charge < -0.3 is 25.0 Å². The monoisotopic (exact) mass is 526 g/mol. The van der Waals surface area contributed by atoms with Gasteiger partial charge in [0.2, 0.25) is 0 Å². The number of rotatable bonds is 6. The highest BCUT2D eigenvalue weighted by molar-refractivity contribution is 7.21. The Hall–Kier alpha value is -3.73. The Kier molecular flexibility index (Phi) is 6.49. The number of amides is 3. The number of carbonyl (C=O) groups excluding carboxylic acids is 3. The molecule has 0 radical (unpaired) electrons. The van der Waals surface area contributed by atoms with E-state index in [1.165, 1.54) is 29.7 Å². The number of nitrogens with one attached hydrogen (secondary N) is 2. The van der Waals surface area contributed by atoms with Crippen LogP contribution >= 0.6 is 11.3 Å². The molecule has 0 bridgehead atoms. The number of nitrogens with zero attached hydrogens (tertiary/aromatic N) is 2. The van der Waals surface area contributed by atoms with Crippen LogP contribution in [-0.2, 0) is 9.53 Å². The van der Waals surface area contributed by atoms with Crippen molar-refractivity contribution >= 4 is 45.1 Å². The number of hydrogen-bond donors (Lipinski definition) is 2. The molecule has 2 fully saturated rings. The fourth-order valence-corrected chi connectivity index (χ4v) is 4.66. The van der Waals surface area contributed by atoms with Gasteiger partial charge in [-0.3, -0.25) is 14.6 Å². The normalized spacial score (nSPS) is 15.7. The van der Waals surface area contributed by atoms with E-state index in [0.717, 1.165) is 12.8 Å². The van der Waals surface area contributed by atoms with Crippen LogP contribution in [0.1, 0.15) is 43.3 Å². The van der Waals surface area contributed by atoms with Crippen LogP contribution in [0.3, 0.4) is 0 Å². The molecule has 0 atom stereocenters. The summed E-state index contributed by atoms with van der Waals surface area (Å²) in [7, 11) is 0. The van der Waals surface area contributed by atoms with Gasteiger partial charge in [0.05, 0.1) is 33.6 Å². The predicted octanol–water partition coefficient (Wildman–Crippen LogP) is 4.93. The van der Waals surface area contributed by atoms with Crippen LogP contribution < -0.4 is 15.4 Å². The number of thiophene rings is 1. The van der Waals surface area contributed by atoms with Crippen LogP contribution in [-0.4, -0.2) is 53.0 Å². The maximum Gasteiger partial charge on any atom is 0.319 e. The summed E-state index contributed by atoms with van der Waals surface area (Å²) in [5, 5.41) is 5.39. The maximum absolute atomic E-state index is 14.7. The molecule has 37 heavy (non-hydrogen) atoms. The smallest absolute Gasteiger partial charge is 0.319 e. The quantitative estimate of drug-likeness (QED) is 0.441. The van der Waals surface area contributed by atoms with E-state index in [-0.39, 0.29) is 35.8 Å². The molecule has 2 aromatic heterocycles. The van der Waals surface area contributed by atoms with Crippen molar-refractivity contribution in [2.24, 2.45) is 5.41 Å². The summed E-state index contributed by atoms with van der Waals surface area (Å²) < 4.78 is 26.6. The number of likely N-dealkylation sites (tertiary alicyclic amines) is 1. The van der Waals surface area contributed by atoms with Gasteiger partial charge in [-0.05, 0) is 51.8 Å². The topological polar surface area (TPSA) is 110 Å². The molecule has 0 unspecified atom stereocenters. The van der Waals surface area contributed by atoms with E-state index in [0.29, 0.717) is 39.6 Å². The standard InChI is InChI=1S/C26H27FN4O5S/c1-26(2,3)24(33)35-16-12-31(13-16)23(32)21-11-18-22(37-21)20(8-9-28-18)36-19-7-6-15(10-17(19)27)30-25(34)29-14-4-5-14/h6-11,14,16H,4-5,12-13H2,1-3H3,(H2,29,30,34). The first-order valence-corrected chi connectivity index (χ1v) is 12.8. The van der Waals surface area contributed by atoms with E-state index in [1.54, 1.807) is 43.9 Å². The van der Waals surface area contributed by atoms with Crippen molar-refractivity contribution in [2.45, 2.75) is 45.8 Å². The Bertz CT molecular complexity index is 1380. The van der Waals surface area contributed by atoms with Crippen molar-refractivity contribution < 1.29 is 28.2 Å². The third-order valence-electron chi connectivity index (χ3n) is 5.93. The van der Waals surface area contributed by atoms with Gasteiger partial charge in [-0.1, -0.05) is 0 Å². The second-order valence-electron chi connectivity index (χ2n) is 10.2. The van der Waals surface area contributed by atoms with Gasteiger partial charge in [-0.15, -0.1) is 11.3 Å². The SMILES string of the molecule is CC(C)(C)C(=O)OC1CN(C(=O)c2cc3nccc(Oc4ccc(NC(=O)NC5CC5)cc4F)c3s2)C1. The van der Waals surface area contributed by atoms with E-state index in [2.05, 4.69) is 15.6 Å². The molecule has 1 saturated carbocycles. The minimum Gasteiger partial charge on any atom is -0.458 e. The summed E-state index contributed by atoms with van der Waals surface area (Å²) in [5.74, 6) is -0.787. The Morgan fingerprint density at radius 3 is 2.54 bits per heavy atom. The molecule has 9 nitrogen and oxygen atoms in total. The summed E-state index contributed by atoms with van der Waals surface area (Å²) >= 11 is 1.20. The summed E-state index contributed by atoms with van der Waals surface area (Å²) in [6.07, 6.45) is 3.12. The summed E-state index contributed by atoms with van der Waals surface area (Å²) in [4.78, 5) is 43.3. The number of esters is 1. The first kappa shape index (κ1) is 24.9. The Morgan fingerprint density at radius 1 is 1.11 bits per heavy atom. The number of carbonyl (C=O) groups is 3. The molecular formula is C26H27FN4O5S. The first-order chi connectivity index (χ1) is 17.6. The highest BCUT2D eigenvalue weighted by atomic mass is 32.1. The summed E-state index contributed by atoms with van der Waals surface area (Å²) in [6, 6.07) is 7.28. The highest BCUT2D eigenvalue weighted by Crippen LogP contribution is 2.37. The third kappa shape index (κ3) is 5.66. The molecule has 5 rings (SSSR count). The minimum atomic E-state index is -0.640. The molecule has 3 amide bonds. The van der Waals surface area contributed by atoms with E-state index >= 15 is 0 Å². The van der Waals surface area contributed by atoms with Crippen molar-refractivity contribution in [2.75, 3.05) is 18.4 Å². The van der Waals surface area contributed by atoms with Gasteiger partial charge in [-0.2, -0.15) is 0 Å². The van der Waals surface area contributed by atoms with Gasteiger partial charge in [0, 0.05) is 30.1 Å². The second-order valence-corrected chi connectivity index (χ2v) is 11.3. The molecule has 3 aromatic rings. The number of urea groups is 1. The minimum absolute atomic E-state index is 0.0202. The van der Waals surface area contributed by atoms with Crippen molar-refractivity contribution in [3.63, 3.8) is 0 Å². The van der Waals surface area contributed by atoms with E-state index in [9.17, 15) is 18.8 Å². The first-order valence-electron chi connectivity index (χ1n) is 12.0. The van der Waals surface area contributed by atoms with E-state index in [4.69, 9.17) is 9.47 Å². The summed E-state index contributed by atoms with van der Waals surface area (Å²) in [6.45, 7) is 6.01. The largest absolute Gasteiger partial charge is 0.458 e. The van der Waals surface area contributed by atoms with Crippen LogP contribution in [0.15, 0.2) is 36.5 Å². The molecule has 1 aromatic carbocycles. The zero-order valence-electron chi connectivity index (χ0n) is 20.7. The molecule has 1 aliphatic heterocycles. The lowest BCUT2D eigenvalue weighted by molar-refractivity contribution is -0.165. The molecule has 3 heterocycles. The van der Waals surface area contributed by atoms with E-state index in [1.807, 2.05) is 0 Å². The van der Waals surface area contributed by atoms with Crippen LogP contribution in [0.25, 0.3) is 10.2 Å². The average Bonchev–Trinajstić information content (AvgIpc) is 3.50. The molecule has 2 aliphatic rings. The summed E-state index contributed by atoms with van der Waals surface area (Å²) in [5.41, 5.74) is 0.268. The zero-order chi connectivity index (χ0) is 26.3. The molecule has 194 valence electrons. The van der Waals surface area contributed by atoms with E-state index < -0.39 is 11.2 Å². The average molecular weight is 527 g/mol. The van der Waals surface area contributed by atoms with Crippen molar-refractivity contribution in [1.29, 1.82) is 0 Å². The molecule has 1 saturated heterocycles. The van der Waals surface area contributed by atoms with Crippen molar-refractivity contribution in [3.05, 3.63) is 47.2 Å². The number of halogens is 1. The van der Waals surface area contributed by atoms with Gasteiger partial charge in [0.25, 0.3) is 5.91 Å². The predicted molar refractivity (Wildman–Crippen MR) is 137 cm³/mol. The highest BCUT2D eigenvalue weighted by Gasteiger charge is 2.37. The molecule has 11 heteroatoms. The van der Waals surface area contributed by atoms with Crippen LogP contribution in [0.5, 0.6) is 11.5 Å². The maximum atomic E-state index is 14.7. The zero-order valence-corrected chi connectivity index (χ0v) is 21.5. The number of hydrogen-bond acceptors (Lipinski definition) is 7. The van der Waals surface area contributed by atoms with Crippen LogP contribution in [0, 0.1) is 11.2 Å². The van der Waals surface area contributed by atoms with Gasteiger partial charge in [-0.25, -0.2) is 9.18 Å². The molecule has 1 aliphatic carbocycles. The Labute approximate surface area is 216 Å². The third-order valence-corrected chi connectivity index (χ3v) is 7.06. The van der Waals surface area contributed by atoms with Crippen LogP contribution in [0.4, 0.5) is 14.9 Å². The number of anilines is 1. The number of benzene rings is 1. The molecule has 2 N–H and O–H groups in total. The molecule has 0 spiro atoms. The lowest BCUT2D eigenvalue weighted by atomic mass is 9.97. The number of pyridine rings is 1. The Morgan fingerprint density at radius 2 is 1.86 bits per heavy atom. The number of fused-ring (bicyclic) bond motifs is 1. The number of ether oxygens (including phenoxy) is 2. The lowest BCUT2D eigenvalue weighted by Crippen LogP contribution is -2.55. The Balaban J connectivity index is 1.25. The van der Waals surface area contributed by atoms with Crippen molar-refractivity contribution in [3.8, 4) is 11.5 Å². The fraction of sp³-hybridized carbons (Fsp3) is 0.385. The fourth-order valence-electron chi connectivity index (χ4n) is 3.62. The molecular weight excluding hydrogens is 499 g/mol.